The van der Waals surface area contributed by atoms with Gasteiger partial charge >= 0.3 is 5.97 Å². The number of hydrogen-bond acceptors (Lipinski definition) is 2. The highest BCUT2D eigenvalue weighted by atomic mass is 79.9. The summed E-state index contributed by atoms with van der Waals surface area (Å²) in [4.78, 5) is 11.4. The number of carboxylic acids is 1. The summed E-state index contributed by atoms with van der Waals surface area (Å²) in [6.07, 6.45) is 5.85. The Balaban J connectivity index is 2.30. The molecule has 1 aliphatic rings. The largest absolute Gasteiger partial charge is 0.489 e. The lowest BCUT2D eigenvalue weighted by molar-refractivity contribution is 0.0662. The lowest BCUT2D eigenvalue weighted by Crippen LogP contribution is -2.30. The van der Waals surface area contributed by atoms with Crippen LogP contribution in [0.4, 0.5) is 0 Å². The molecule has 0 bridgehead atoms. The second-order valence-corrected chi connectivity index (χ2v) is 6.43. The Morgan fingerprint density at radius 2 is 2.10 bits per heavy atom. The van der Waals surface area contributed by atoms with Gasteiger partial charge in [0.15, 0.2) is 0 Å². The normalized spacial score (nSPS) is 22.6. The van der Waals surface area contributed by atoms with Crippen LogP contribution in [0.5, 0.6) is 5.75 Å². The van der Waals surface area contributed by atoms with Gasteiger partial charge in [-0.05, 0) is 56.2 Å². The predicted molar refractivity (Wildman–Crippen MR) is 82.5 cm³/mol. The number of aryl methyl sites for hydroxylation is 1. The summed E-state index contributed by atoms with van der Waals surface area (Å²) < 4.78 is 6.91. The first-order valence-corrected chi connectivity index (χ1v) is 8.02. The number of ether oxygens (including phenoxy) is 1. The molecule has 0 radical (unpaired) electrons. The van der Waals surface area contributed by atoms with Crippen molar-refractivity contribution in [2.45, 2.75) is 52.1 Å². The summed E-state index contributed by atoms with van der Waals surface area (Å²) in [5, 5.41) is 9.37. The van der Waals surface area contributed by atoms with E-state index in [1.165, 1.54) is 19.3 Å². The molecule has 2 unspecified atom stereocenters. The standard InChI is InChI=1S/C16H21BrO3/c1-3-11-6-4-5-7-14(11)20-15-10(2)8-12(17)9-13(15)16(18)19/h8-9,11,14H,3-7H2,1-2H3,(H,18,19). The first-order chi connectivity index (χ1) is 9.52. The van der Waals surface area contributed by atoms with Gasteiger partial charge in [0.1, 0.15) is 17.4 Å². The van der Waals surface area contributed by atoms with Crippen molar-refractivity contribution in [2.24, 2.45) is 5.92 Å². The molecule has 4 heteroatoms. The van der Waals surface area contributed by atoms with Crippen LogP contribution in [0.25, 0.3) is 0 Å². The Kier molecular flexibility index (Phi) is 5.08. The van der Waals surface area contributed by atoms with E-state index < -0.39 is 5.97 Å². The van der Waals surface area contributed by atoms with Crippen LogP contribution in [0.1, 0.15) is 54.9 Å². The summed E-state index contributed by atoms with van der Waals surface area (Å²) in [5.74, 6) is 0.132. The zero-order chi connectivity index (χ0) is 14.7. The number of benzene rings is 1. The maximum atomic E-state index is 11.4. The highest BCUT2D eigenvalue weighted by Crippen LogP contribution is 2.34. The van der Waals surface area contributed by atoms with Crippen LogP contribution in [-0.4, -0.2) is 17.2 Å². The predicted octanol–water partition coefficient (Wildman–Crippen LogP) is 4.80. The van der Waals surface area contributed by atoms with Gasteiger partial charge in [-0.15, -0.1) is 0 Å². The van der Waals surface area contributed by atoms with Crippen molar-refractivity contribution in [3.8, 4) is 5.75 Å². The zero-order valence-electron chi connectivity index (χ0n) is 12.0. The lowest BCUT2D eigenvalue weighted by atomic mass is 9.84. The van der Waals surface area contributed by atoms with Crippen molar-refractivity contribution in [3.05, 3.63) is 27.7 Å². The molecule has 20 heavy (non-hydrogen) atoms. The lowest BCUT2D eigenvalue weighted by Gasteiger charge is -2.32. The summed E-state index contributed by atoms with van der Waals surface area (Å²) in [5.41, 5.74) is 1.12. The Morgan fingerprint density at radius 3 is 2.75 bits per heavy atom. The van der Waals surface area contributed by atoms with Crippen LogP contribution >= 0.6 is 15.9 Å². The van der Waals surface area contributed by atoms with Crippen LogP contribution in [0.3, 0.4) is 0 Å². The number of hydrogen-bond donors (Lipinski definition) is 1. The van der Waals surface area contributed by atoms with Crippen LogP contribution in [0, 0.1) is 12.8 Å². The van der Waals surface area contributed by atoms with E-state index in [0.717, 1.165) is 22.9 Å². The molecule has 0 aromatic heterocycles. The molecule has 1 N–H and O–H groups in total. The topological polar surface area (TPSA) is 46.5 Å². The number of carbonyl (C=O) groups is 1. The second kappa shape index (κ2) is 6.61. The molecular formula is C16H21BrO3. The van der Waals surface area contributed by atoms with Gasteiger partial charge in [-0.3, -0.25) is 0 Å². The van der Waals surface area contributed by atoms with Crippen LogP contribution < -0.4 is 4.74 Å². The van der Waals surface area contributed by atoms with E-state index in [-0.39, 0.29) is 11.7 Å². The van der Waals surface area contributed by atoms with Crippen LogP contribution in [-0.2, 0) is 0 Å². The fourth-order valence-electron chi connectivity index (χ4n) is 2.99. The monoisotopic (exact) mass is 340 g/mol. The molecule has 0 amide bonds. The van der Waals surface area contributed by atoms with Crippen molar-refractivity contribution in [2.75, 3.05) is 0 Å². The van der Waals surface area contributed by atoms with Crippen molar-refractivity contribution in [1.82, 2.24) is 0 Å². The van der Waals surface area contributed by atoms with Gasteiger partial charge in [-0.2, -0.15) is 0 Å². The van der Waals surface area contributed by atoms with Gasteiger partial charge in [0, 0.05) is 4.47 Å². The molecule has 0 spiro atoms. The SMILES string of the molecule is CCC1CCCCC1Oc1c(C)cc(Br)cc1C(=O)O. The molecule has 3 nitrogen and oxygen atoms in total. The Hall–Kier alpha value is -1.03. The van der Waals surface area contributed by atoms with Gasteiger partial charge in [-0.25, -0.2) is 4.79 Å². The van der Waals surface area contributed by atoms with Gasteiger partial charge < -0.3 is 9.84 Å². The minimum Gasteiger partial charge on any atom is -0.489 e. The molecule has 2 rings (SSSR count). The molecule has 110 valence electrons. The van der Waals surface area contributed by atoms with E-state index >= 15 is 0 Å². The first-order valence-electron chi connectivity index (χ1n) is 7.23. The highest BCUT2D eigenvalue weighted by Gasteiger charge is 2.27. The first kappa shape index (κ1) is 15.4. The number of halogens is 1. The summed E-state index contributed by atoms with van der Waals surface area (Å²) in [6, 6.07) is 3.53. The van der Waals surface area contributed by atoms with Crippen molar-refractivity contribution in [3.63, 3.8) is 0 Å². The third-order valence-electron chi connectivity index (χ3n) is 4.10. The quantitative estimate of drug-likeness (QED) is 0.855. The number of carboxylic acid groups (broad SMARTS) is 1. The van der Waals surface area contributed by atoms with Gasteiger partial charge in [0.05, 0.1) is 0 Å². The van der Waals surface area contributed by atoms with E-state index in [0.29, 0.717) is 11.7 Å². The molecule has 1 fully saturated rings. The molecule has 2 atom stereocenters. The van der Waals surface area contributed by atoms with Crippen molar-refractivity contribution >= 4 is 21.9 Å². The van der Waals surface area contributed by atoms with E-state index in [1.807, 2.05) is 13.0 Å². The molecule has 1 aromatic carbocycles. The Bertz CT molecular complexity index is 499. The fourth-order valence-corrected chi connectivity index (χ4v) is 3.56. The molecule has 1 aliphatic carbocycles. The second-order valence-electron chi connectivity index (χ2n) is 5.51. The maximum Gasteiger partial charge on any atom is 0.339 e. The summed E-state index contributed by atoms with van der Waals surface area (Å²) in [7, 11) is 0. The molecule has 0 aliphatic heterocycles. The number of aromatic carboxylic acids is 1. The van der Waals surface area contributed by atoms with Gasteiger partial charge in [-0.1, -0.05) is 29.3 Å². The third-order valence-corrected chi connectivity index (χ3v) is 4.56. The Labute approximate surface area is 128 Å². The zero-order valence-corrected chi connectivity index (χ0v) is 13.6. The van der Waals surface area contributed by atoms with E-state index in [2.05, 4.69) is 22.9 Å². The minimum absolute atomic E-state index is 0.145. The third kappa shape index (κ3) is 3.35. The summed E-state index contributed by atoms with van der Waals surface area (Å²) >= 11 is 3.35. The minimum atomic E-state index is -0.937. The molecule has 1 saturated carbocycles. The molecule has 1 aromatic rings. The van der Waals surface area contributed by atoms with Gasteiger partial charge in [0.25, 0.3) is 0 Å². The van der Waals surface area contributed by atoms with Crippen molar-refractivity contribution in [1.29, 1.82) is 0 Å². The molecular weight excluding hydrogens is 320 g/mol. The maximum absolute atomic E-state index is 11.4. The molecule has 0 heterocycles. The average molecular weight is 341 g/mol. The van der Waals surface area contributed by atoms with E-state index in [9.17, 15) is 9.90 Å². The summed E-state index contributed by atoms with van der Waals surface area (Å²) in [6.45, 7) is 4.08. The average Bonchev–Trinajstić information content (AvgIpc) is 2.41. The Morgan fingerprint density at radius 1 is 1.40 bits per heavy atom. The van der Waals surface area contributed by atoms with E-state index in [4.69, 9.17) is 4.74 Å². The van der Waals surface area contributed by atoms with Gasteiger partial charge in [0.2, 0.25) is 0 Å². The van der Waals surface area contributed by atoms with Crippen LogP contribution in [0.2, 0.25) is 0 Å². The van der Waals surface area contributed by atoms with Crippen LogP contribution in [0.15, 0.2) is 16.6 Å². The number of rotatable bonds is 4. The smallest absolute Gasteiger partial charge is 0.339 e. The highest BCUT2D eigenvalue weighted by molar-refractivity contribution is 9.10. The molecule has 0 saturated heterocycles. The van der Waals surface area contributed by atoms with E-state index in [1.54, 1.807) is 6.07 Å². The fraction of sp³-hybridized carbons (Fsp3) is 0.562. The van der Waals surface area contributed by atoms with Crippen molar-refractivity contribution < 1.29 is 14.6 Å².